The van der Waals surface area contributed by atoms with Crippen LogP contribution < -0.4 is 11.3 Å². The Balaban J connectivity index is 2.32. The van der Waals surface area contributed by atoms with Crippen LogP contribution in [0.5, 0.6) is 0 Å². The van der Waals surface area contributed by atoms with Crippen LogP contribution in [0, 0.1) is 5.41 Å². The van der Waals surface area contributed by atoms with E-state index in [1.54, 1.807) is 6.92 Å². The number of hydrazine groups is 1. The van der Waals surface area contributed by atoms with Crippen LogP contribution in [0.4, 0.5) is 0 Å². The summed E-state index contributed by atoms with van der Waals surface area (Å²) in [5, 5.41) is -0.180. The molecule has 1 atom stereocenters. The molecule has 92 valence electrons. The predicted octanol–water partition coefficient (Wildman–Crippen LogP) is 0.441. The maximum absolute atomic E-state index is 11.2. The molecule has 0 aromatic heterocycles. The van der Waals surface area contributed by atoms with Gasteiger partial charge in [0, 0.05) is 5.75 Å². The molecule has 0 aromatic carbocycles. The van der Waals surface area contributed by atoms with Crippen molar-refractivity contribution in [3.8, 4) is 0 Å². The average Bonchev–Trinajstić information content (AvgIpc) is 3.05. The van der Waals surface area contributed by atoms with Crippen LogP contribution in [-0.2, 0) is 14.3 Å². The van der Waals surface area contributed by atoms with E-state index in [1.165, 1.54) is 18.9 Å². The van der Waals surface area contributed by atoms with Gasteiger partial charge in [-0.2, -0.15) is 0 Å². The summed E-state index contributed by atoms with van der Waals surface area (Å²) in [5.74, 6) is 5.49. The number of methoxy groups -OCH3 is 1. The van der Waals surface area contributed by atoms with Gasteiger partial charge in [-0.3, -0.25) is 15.0 Å². The van der Waals surface area contributed by atoms with Gasteiger partial charge in [-0.15, -0.1) is 11.8 Å². The van der Waals surface area contributed by atoms with E-state index in [0.717, 1.165) is 18.6 Å². The highest BCUT2D eigenvalue weighted by Gasteiger charge is 2.44. The quantitative estimate of drug-likeness (QED) is 0.308. The third-order valence-corrected chi connectivity index (χ3v) is 4.35. The molecule has 1 amide bonds. The fourth-order valence-electron chi connectivity index (χ4n) is 1.42. The van der Waals surface area contributed by atoms with E-state index in [0.29, 0.717) is 6.42 Å². The topological polar surface area (TPSA) is 81.4 Å². The number of amides is 1. The molecule has 1 aliphatic rings. The van der Waals surface area contributed by atoms with Crippen molar-refractivity contribution in [2.45, 2.75) is 31.4 Å². The fourth-order valence-corrected chi connectivity index (χ4v) is 2.64. The van der Waals surface area contributed by atoms with Gasteiger partial charge in [0.1, 0.15) is 0 Å². The van der Waals surface area contributed by atoms with E-state index in [9.17, 15) is 9.59 Å². The van der Waals surface area contributed by atoms with Gasteiger partial charge < -0.3 is 4.74 Å². The summed E-state index contributed by atoms with van der Waals surface area (Å²) >= 11 is 1.53. The normalized spacial score (nSPS) is 18.7. The maximum atomic E-state index is 11.2. The predicted molar refractivity (Wildman–Crippen MR) is 62.6 cm³/mol. The summed E-state index contributed by atoms with van der Waals surface area (Å²) in [6.07, 6.45) is 2.52. The number of nitrogens with one attached hydrogen (secondary N) is 1. The number of carbonyl (C=O) groups is 2. The van der Waals surface area contributed by atoms with E-state index in [2.05, 4.69) is 10.2 Å². The van der Waals surface area contributed by atoms with Crippen molar-refractivity contribution < 1.29 is 14.3 Å². The molecule has 1 saturated carbocycles. The van der Waals surface area contributed by atoms with Crippen LogP contribution in [0.3, 0.4) is 0 Å². The first kappa shape index (κ1) is 13.3. The monoisotopic (exact) mass is 246 g/mol. The van der Waals surface area contributed by atoms with Crippen LogP contribution >= 0.6 is 11.8 Å². The van der Waals surface area contributed by atoms with Gasteiger partial charge in [0.15, 0.2) is 0 Å². The molecule has 1 aliphatic carbocycles. The minimum atomic E-state index is -0.182. The first-order chi connectivity index (χ1) is 7.53. The third kappa shape index (κ3) is 3.68. The van der Waals surface area contributed by atoms with E-state index >= 15 is 0 Å². The summed E-state index contributed by atoms with van der Waals surface area (Å²) in [5.41, 5.74) is 2.18. The summed E-state index contributed by atoms with van der Waals surface area (Å²) in [6.45, 7) is 1.81. The lowest BCUT2D eigenvalue weighted by Crippen LogP contribution is -2.36. The lowest BCUT2D eigenvalue weighted by molar-refractivity contribution is -0.141. The third-order valence-electron chi connectivity index (χ3n) is 2.86. The summed E-state index contributed by atoms with van der Waals surface area (Å²) in [6, 6.07) is 0. The van der Waals surface area contributed by atoms with Crippen LogP contribution in [0.1, 0.15) is 26.2 Å². The first-order valence-corrected chi connectivity index (χ1v) is 6.27. The van der Waals surface area contributed by atoms with Crippen molar-refractivity contribution >= 4 is 23.6 Å². The molecule has 0 saturated heterocycles. The minimum Gasteiger partial charge on any atom is -0.469 e. The number of carbonyl (C=O) groups excluding carboxylic acids is 2. The molecule has 0 spiro atoms. The first-order valence-electron chi connectivity index (χ1n) is 5.22. The Morgan fingerprint density at radius 1 is 1.56 bits per heavy atom. The standard InChI is InChI=1S/C10H18N2O3S/c1-7(9(14)12-11)16-6-10(3-4-10)5-8(13)15-2/h7H,3-6,11H2,1-2H3,(H,12,14). The Bertz CT molecular complexity index is 279. The lowest BCUT2D eigenvalue weighted by Gasteiger charge is -2.15. The molecule has 0 radical (unpaired) electrons. The van der Waals surface area contributed by atoms with E-state index in [4.69, 9.17) is 5.84 Å². The molecule has 0 bridgehead atoms. The molecule has 3 N–H and O–H groups in total. The largest absolute Gasteiger partial charge is 0.469 e. The van der Waals surface area contributed by atoms with Gasteiger partial charge in [0.05, 0.1) is 18.8 Å². The number of hydrogen-bond donors (Lipinski definition) is 2. The summed E-state index contributed by atoms with van der Waals surface area (Å²) in [4.78, 5) is 22.4. The Morgan fingerprint density at radius 2 is 2.19 bits per heavy atom. The molecule has 0 aromatic rings. The highest BCUT2D eigenvalue weighted by Crippen LogP contribution is 2.51. The average molecular weight is 246 g/mol. The van der Waals surface area contributed by atoms with Crippen molar-refractivity contribution in [3.05, 3.63) is 0 Å². The summed E-state index contributed by atoms with van der Waals surface area (Å²) < 4.78 is 4.65. The number of esters is 1. The van der Waals surface area contributed by atoms with Crippen LogP contribution in [0.15, 0.2) is 0 Å². The molecule has 0 aliphatic heterocycles. The summed E-state index contributed by atoms with van der Waals surface area (Å²) in [7, 11) is 1.40. The molecular weight excluding hydrogens is 228 g/mol. The molecule has 1 unspecified atom stereocenters. The van der Waals surface area contributed by atoms with Gasteiger partial charge in [-0.1, -0.05) is 0 Å². The van der Waals surface area contributed by atoms with Gasteiger partial charge in [-0.05, 0) is 25.2 Å². The van der Waals surface area contributed by atoms with Gasteiger partial charge in [0.25, 0.3) is 0 Å². The number of nitrogens with two attached hydrogens (primary N) is 1. The lowest BCUT2D eigenvalue weighted by atomic mass is 10.1. The molecule has 16 heavy (non-hydrogen) atoms. The highest BCUT2D eigenvalue weighted by molar-refractivity contribution is 8.00. The zero-order chi connectivity index (χ0) is 12.2. The van der Waals surface area contributed by atoms with Crippen molar-refractivity contribution in [2.24, 2.45) is 11.3 Å². The second kappa shape index (κ2) is 5.54. The van der Waals surface area contributed by atoms with Gasteiger partial charge in [-0.25, -0.2) is 5.84 Å². The molecular formula is C10H18N2O3S. The van der Waals surface area contributed by atoms with Crippen LogP contribution in [0.2, 0.25) is 0 Å². The molecule has 6 heteroatoms. The molecule has 1 fully saturated rings. The van der Waals surface area contributed by atoms with Crippen molar-refractivity contribution in [3.63, 3.8) is 0 Å². The van der Waals surface area contributed by atoms with E-state index < -0.39 is 0 Å². The zero-order valence-electron chi connectivity index (χ0n) is 9.62. The maximum Gasteiger partial charge on any atom is 0.306 e. The number of rotatable bonds is 6. The smallest absolute Gasteiger partial charge is 0.306 e. The van der Waals surface area contributed by atoms with E-state index in [1.807, 2.05) is 0 Å². The number of thioether (sulfide) groups is 1. The molecule has 5 nitrogen and oxygen atoms in total. The fraction of sp³-hybridized carbons (Fsp3) is 0.800. The van der Waals surface area contributed by atoms with Gasteiger partial charge >= 0.3 is 5.97 Å². The van der Waals surface area contributed by atoms with Crippen LogP contribution in [0.25, 0.3) is 0 Å². The molecule has 0 heterocycles. The second-order valence-corrected chi connectivity index (χ2v) is 5.54. The Morgan fingerprint density at radius 3 is 2.62 bits per heavy atom. The van der Waals surface area contributed by atoms with Gasteiger partial charge in [0.2, 0.25) is 5.91 Å². The molecule has 1 rings (SSSR count). The second-order valence-electron chi connectivity index (χ2n) is 4.21. The highest BCUT2D eigenvalue weighted by atomic mass is 32.2. The van der Waals surface area contributed by atoms with Crippen molar-refractivity contribution in [1.29, 1.82) is 0 Å². The van der Waals surface area contributed by atoms with E-state index in [-0.39, 0.29) is 22.5 Å². The Hall–Kier alpha value is -0.750. The Labute approximate surface area is 99.4 Å². The number of hydrogen-bond acceptors (Lipinski definition) is 5. The minimum absolute atomic E-state index is 0.0564. The van der Waals surface area contributed by atoms with Crippen molar-refractivity contribution in [2.75, 3.05) is 12.9 Å². The number of ether oxygens (including phenoxy) is 1. The zero-order valence-corrected chi connectivity index (χ0v) is 10.4. The van der Waals surface area contributed by atoms with Crippen molar-refractivity contribution in [1.82, 2.24) is 5.43 Å². The Kier molecular flexibility index (Phi) is 4.61. The van der Waals surface area contributed by atoms with Crippen LogP contribution in [-0.4, -0.2) is 30.0 Å². The SMILES string of the molecule is COC(=O)CC1(CSC(C)C(=O)NN)CC1.